The van der Waals surface area contributed by atoms with Gasteiger partial charge in [-0.3, -0.25) is 9.48 Å². The Morgan fingerprint density at radius 1 is 1.38 bits per heavy atom. The Bertz CT molecular complexity index is 862. The zero-order chi connectivity index (χ0) is 18.4. The van der Waals surface area contributed by atoms with Gasteiger partial charge in [0.05, 0.1) is 24.1 Å². The number of methoxy groups -OCH3 is 1. The summed E-state index contributed by atoms with van der Waals surface area (Å²) in [6, 6.07) is 5.93. The summed E-state index contributed by atoms with van der Waals surface area (Å²) in [6.07, 6.45) is 6.47. The molecular weight excluding hydrogens is 400 g/mol. The van der Waals surface area contributed by atoms with E-state index >= 15 is 0 Å². The second kappa shape index (κ2) is 8.61. The van der Waals surface area contributed by atoms with Crippen molar-refractivity contribution in [3.05, 3.63) is 58.3 Å². The third-order valence-corrected chi connectivity index (χ3v) is 4.47. The van der Waals surface area contributed by atoms with E-state index in [9.17, 15) is 4.79 Å². The van der Waals surface area contributed by atoms with Crippen LogP contribution >= 0.6 is 15.9 Å². The molecule has 0 saturated heterocycles. The Labute approximate surface area is 159 Å². The van der Waals surface area contributed by atoms with Crippen LogP contribution in [0.4, 0.5) is 0 Å². The molecule has 0 unspecified atom stereocenters. The monoisotopic (exact) mass is 418 g/mol. The molecule has 0 atom stereocenters. The van der Waals surface area contributed by atoms with E-state index in [2.05, 4.69) is 41.5 Å². The van der Waals surface area contributed by atoms with Crippen LogP contribution in [-0.4, -0.2) is 44.5 Å². The normalized spacial score (nSPS) is 10.7. The Morgan fingerprint density at radius 2 is 2.27 bits per heavy atom. The van der Waals surface area contributed by atoms with Crippen LogP contribution in [0, 0.1) is 0 Å². The van der Waals surface area contributed by atoms with E-state index in [0.717, 1.165) is 27.9 Å². The van der Waals surface area contributed by atoms with Gasteiger partial charge < -0.3 is 15.0 Å². The number of ether oxygens (including phenoxy) is 1. The fourth-order valence-corrected chi connectivity index (χ4v) is 3.03. The highest BCUT2D eigenvalue weighted by Crippen LogP contribution is 2.25. The van der Waals surface area contributed by atoms with E-state index in [4.69, 9.17) is 4.74 Å². The summed E-state index contributed by atoms with van der Waals surface area (Å²) in [5.41, 5.74) is 2.42. The number of carbonyl (C=O) groups is 1. The average Bonchev–Trinajstić information content (AvgIpc) is 3.32. The summed E-state index contributed by atoms with van der Waals surface area (Å²) < 4.78 is 7.80. The van der Waals surface area contributed by atoms with Gasteiger partial charge in [0.1, 0.15) is 5.75 Å². The predicted octanol–water partition coefficient (Wildman–Crippen LogP) is 1.99. The molecular formula is C17H19BrN6O2. The number of hydrogen-bond donors (Lipinski definition) is 2. The Morgan fingerprint density at radius 3 is 3.00 bits per heavy atom. The molecule has 8 nitrogen and oxygen atoms in total. The molecule has 0 radical (unpaired) electrons. The van der Waals surface area contributed by atoms with E-state index in [1.807, 2.05) is 18.2 Å². The SMILES string of the molecule is COc1ccc(CCn2cc(C(=O)NCCc3cnc[nH]3)nn2)cc1Br. The minimum Gasteiger partial charge on any atom is -0.496 e. The summed E-state index contributed by atoms with van der Waals surface area (Å²) in [4.78, 5) is 19.0. The minimum absolute atomic E-state index is 0.233. The predicted molar refractivity (Wildman–Crippen MR) is 99.0 cm³/mol. The zero-order valence-corrected chi connectivity index (χ0v) is 15.9. The van der Waals surface area contributed by atoms with Gasteiger partial charge in [-0.05, 0) is 40.0 Å². The van der Waals surface area contributed by atoms with Gasteiger partial charge in [-0.1, -0.05) is 11.3 Å². The van der Waals surface area contributed by atoms with E-state index < -0.39 is 0 Å². The minimum atomic E-state index is -0.233. The molecule has 0 bridgehead atoms. The number of nitrogens with one attached hydrogen (secondary N) is 2. The molecule has 0 aliphatic carbocycles. The average molecular weight is 419 g/mol. The molecule has 3 rings (SSSR count). The summed E-state index contributed by atoms with van der Waals surface area (Å²) in [6.45, 7) is 1.14. The zero-order valence-electron chi connectivity index (χ0n) is 14.3. The van der Waals surface area contributed by atoms with Gasteiger partial charge in [0.15, 0.2) is 5.69 Å². The van der Waals surface area contributed by atoms with Crippen LogP contribution in [0.3, 0.4) is 0 Å². The number of hydrogen-bond acceptors (Lipinski definition) is 5. The van der Waals surface area contributed by atoms with Crippen molar-refractivity contribution < 1.29 is 9.53 Å². The van der Waals surface area contributed by atoms with Crippen molar-refractivity contribution in [1.82, 2.24) is 30.3 Å². The highest BCUT2D eigenvalue weighted by atomic mass is 79.9. The molecule has 136 valence electrons. The molecule has 1 aromatic carbocycles. The molecule has 9 heteroatoms. The van der Waals surface area contributed by atoms with Gasteiger partial charge in [0.25, 0.3) is 5.91 Å². The number of aromatic nitrogens is 5. The number of amides is 1. The van der Waals surface area contributed by atoms with Crippen molar-refractivity contribution in [3.63, 3.8) is 0 Å². The van der Waals surface area contributed by atoms with E-state index in [-0.39, 0.29) is 5.91 Å². The molecule has 0 fully saturated rings. The molecule has 2 aromatic heterocycles. The van der Waals surface area contributed by atoms with Crippen LogP contribution in [0.2, 0.25) is 0 Å². The lowest BCUT2D eigenvalue weighted by Gasteiger charge is -2.06. The van der Waals surface area contributed by atoms with E-state index in [1.165, 1.54) is 0 Å². The van der Waals surface area contributed by atoms with Crippen LogP contribution < -0.4 is 10.1 Å². The maximum Gasteiger partial charge on any atom is 0.273 e. The maximum atomic E-state index is 12.1. The van der Waals surface area contributed by atoms with Crippen molar-refractivity contribution in [1.29, 1.82) is 0 Å². The summed E-state index contributed by atoms with van der Waals surface area (Å²) in [5, 5.41) is 10.8. The van der Waals surface area contributed by atoms with Crippen LogP contribution in [0.25, 0.3) is 0 Å². The number of halogens is 1. The van der Waals surface area contributed by atoms with Crippen molar-refractivity contribution in [3.8, 4) is 5.75 Å². The molecule has 0 aliphatic rings. The van der Waals surface area contributed by atoms with Crippen LogP contribution in [0.15, 0.2) is 41.4 Å². The number of aromatic amines is 1. The van der Waals surface area contributed by atoms with Crippen molar-refractivity contribution in [2.75, 3.05) is 13.7 Å². The standard InChI is InChI=1S/C17H19BrN6O2/c1-26-16-3-2-12(8-14(16)18)5-7-24-10-15(22-23-24)17(25)20-6-4-13-9-19-11-21-13/h2-3,8-11H,4-7H2,1H3,(H,19,21)(H,20,25). The largest absolute Gasteiger partial charge is 0.496 e. The summed E-state index contributed by atoms with van der Waals surface area (Å²) in [5.74, 6) is 0.562. The fourth-order valence-electron chi connectivity index (χ4n) is 2.44. The third-order valence-electron chi connectivity index (χ3n) is 3.85. The van der Waals surface area contributed by atoms with Crippen molar-refractivity contribution in [2.24, 2.45) is 0 Å². The second-order valence-corrected chi connectivity index (χ2v) is 6.52. The first kappa shape index (κ1) is 18.1. The van der Waals surface area contributed by atoms with Gasteiger partial charge in [-0.15, -0.1) is 5.10 Å². The quantitative estimate of drug-likeness (QED) is 0.582. The van der Waals surface area contributed by atoms with Crippen LogP contribution in [0.1, 0.15) is 21.7 Å². The van der Waals surface area contributed by atoms with Gasteiger partial charge in [0.2, 0.25) is 0 Å². The maximum absolute atomic E-state index is 12.1. The van der Waals surface area contributed by atoms with Gasteiger partial charge in [0, 0.05) is 31.4 Å². The van der Waals surface area contributed by atoms with Gasteiger partial charge in [-0.2, -0.15) is 0 Å². The van der Waals surface area contributed by atoms with Crippen molar-refractivity contribution in [2.45, 2.75) is 19.4 Å². The topological polar surface area (TPSA) is 97.7 Å². The van der Waals surface area contributed by atoms with Crippen molar-refractivity contribution >= 4 is 21.8 Å². The van der Waals surface area contributed by atoms with Gasteiger partial charge >= 0.3 is 0 Å². The molecule has 2 heterocycles. The van der Waals surface area contributed by atoms with Crippen LogP contribution in [-0.2, 0) is 19.4 Å². The smallest absolute Gasteiger partial charge is 0.273 e. The Hall–Kier alpha value is -2.68. The molecule has 0 aliphatic heterocycles. The number of benzene rings is 1. The number of rotatable bonds is 8. The van der Waals surface area contributed by atoms with Gasteiger partial charge in [-0.25, -0.2) is 4.98 Å². The molecule has 2 N–H and O–H groups in total. The summed E-state index contributed by atoms with van der Waals surface area (Å²) in [7, 11) is 1.64. The molecule has 26 heavy (non-hydrogen) atoms. The first-order valence-corrected chi connectivity index (χ1v) is 8.93. The fraction of sp³-hybridized carbons (Fsp3) is 0.294. The first-order valence-electron chi connectivity index (χ1n) is 8.13. The van der Waals surface area contributed by atoms with Crippen LogP contribution in [0.5, 0.6) is 5.75 Å². The number of imidazole rings is 1. The summed E-state index contributed by atoms with van der Waals surface area (Å²) >= 11 is 3.48. The molecule has 3 aromatic rings. The lowest BCUT2D eigenvalue weighted by atomic mass is 10.1. The van der Waals surface area contributed by atoms with E-state index in [1.54, 1.807) is 30.5 Å². The number of nitrogens with zero attached hydrogens (tertiary/aromatic N) is 4. The highest BCUT2D eigenvalue weighted by Gasteiger charge is 2.10. The first-order chi connectivity index (χ1) is 12.7. The number of aryl methyl sites for hydroxylation is 2. The third kappa shape index (κ3) is 4.69. The number of H-pyrrole nitrogens is 1. The van der Waals surface area contributed by atoms with E-state index in [0.29, 0.717) is 25.2 Å². The molecule has 0 spiro atoms. The lowest BCUT2D eigenvalue weighted by Crippen LogP contribution is -2.26. The Balaban J connectivity index is 1.49. The second-order valence-electron chi connectivity index (χ2n) is 5.67. The lowest BCUT2D eigenvalue weighted by molar-refractivity contribution is 0.0949. The Kier molecular flexibility index (Phi) is 6.00. The molecule has 1 amide bonds. The highest BCUT2D eigenvalue weighted by molar-refractivity contribution is 9.10. The molecule has 0 saturated carbocycles. The number of carbonyl (C=O) groups excluding carboxylic acids is 1.